The van der Waals surface area contributed by atoms with Gasteiger partial charge in [-0.15, -0.1) is 0 Å². The van der Waals surface area contributed by atoms with Crippen molar-refractivity contribution in [3.63, 3.8) is 0 Å². The fourth-order valence-corrected chi connectivity index (χ4v) is 3.08. The molecule has 1 N–H and O–H groups in total. The number of rotatable bonds is 5. The first kappa shape index (κ1) is 18.4. The predicted molar refractivity (Wildman–Crippen MR) is 90.7 cm³/mol. The molecule has 1 aliphatic rings. The zero-order valence-electron chi connectivity index (χ0n) is 13.1. The number of ether oxygens (including phenoxy) is 1. The number of nitro benzene ring substituents is 1. The summed E-state index contributed by atoms with van der Waals surface area (Å²) in [5.74, 6) is -1.11. The van der Waals surface area contributed by atoms with Gasteiger partial charge in [0.2, 0.25) is 0 Å². The summed E-state index contributed by atoms with van der Waals surface area (Å²) in [7, 11) is 0. The summed E-state index contributed by atoms with van der Waals surface area (Å²) in [5, 5.41) is 13.7. The molecule has 0 atom stereocenters. The molecule has 1 amide bonds. The molecule has 8 heteroatoms. The van der Waals surface area contributed by atoms with E-state index in [9.17, 15) is 19.7 Å². The van der Waals surface area contributed by atoms with Crippen LogP contribution < -0.4 is 5.32 Å². The molecule has 0 bridgehead atoms. The van der Waals surface area contributed by atoms with Crippen LogP contribution in [0.2, 0.25) is 0 Å². The molecule has 0 saturated heterocycles. The molecule has 1 aromatic rings. The average molecular weight is 399 g/mol. The molecule has 1 aromatic carbocycles. The van der Waals surface area contributed by atoms with Crippen LogP contribution in [-0.4, -0.2) is 29.4 Å². The first-order valence-electron chi connectivity index (χ1n) is 7.88. The second-order valence-electron chi connectivity index (χ2n) is 5.76. The van der Waals surface area contributed by atoms with Crippen molar-refractivity contribution < 1.29 is 19.2 Å². The van der Waals surface area contributed by atoms with Crippen LogP contribution in [0.3, 0.4) is 0 Å². The van der Waals surface area contributed by atoms with Crippen LogP contribution in [0.1, 0.15) is 48.9 Å². The summed E-state index contributed by atoms with van der Waals surface area (Å²) in [6, 6.07) is 4.06. The van der Waals surface area contributed by atoms with Crippen molar-refractivity contribution in [1.82, 2.24) is 5.32 Å². The van der Waals surface area contributed by atoms with E-state index in [1.807, 2.05) is 0 Å². The summed E-state index contributed by atoms with van der Waals surface area (Å²) in [5.41, 5.74) is -0.195. The zero-order chi connectivity index (χ0) is 17.5. The molecular formula is C16H19BrN2O5. The Morgan fingerprint density at radius 1 is 1.25 bits per heavy atom. The van der Waals surface area contributed by atoms with Crippen molar-refractivity contribution in [2.24, 2.45) is 0 Å². The minimum atomic E-state index is -0.762. The van der Waals surface area contributed by atoms with Crippen molar-refractivity contribution in [2.75, 3.05) is 6.61 Å². The zero-order valence-corrected chi connectivity index (χ0v) is 14.7. The quantitative estimate of drug-likeness (QED) is 0.354. The summed E-state index contributed by atoms with van der Waals surface area (Å²) in [6.07, 6.45) is 6.44. The normalized spacial score (nSPS) is 15.4. The van der Waals surface area contributed by atoms with Gasteiger partial charge in [-0.3, -0.25) is 14.9 Å². The van der Waals surface area contributed by atoms with E-state index in [-0.39, 0.29) is 34.3 Å². The highest BCUT2D eigenvalue weighted by Crippen LogP contribution is 2.25. The van der Waals surface area contributed by atoms with E-state index in [1.54, 1.807) is 0 Å². The van der Waals surface area contributed by atoms with E-state index in [4.69, 9.17) is 4.74 Å². The smallest absolute Gasteiger partial charge is 0.338 e. The van der Waals surface area contributed by atoms with Crippen LogP contribution in [-0.2, 0) is 9.53 Å². The monoisotopic (exact) mass is 398 g/mol. The van der Waals surface area contributed by atoms with Crippen LogP contribution in [0.5, 0.6) is 0 Å². The number of nitrogens with one attached hydrogen (secondary N) is 1. The van der Waals surface area contributed by atoms with Crippen molar-refractivity contribution >= 4 is 33.5 Å². The molecule has 0 aromatic heterocycles. The van der Waals surface area contributed by atoms with Gasteiger partial charge < -0.3 is 10.1 Å². The van der Waals surface area contributed by atoms with Crippen LogP contribution in [0.4, 0.5) is 5.69 Å². The molecule has 1 aliphatic carbocycles. The molecule has 1 fully saturated rings. The Bertz CT molecular complexity index is 627. The number of hydrogen-bond donors (Lipinski definition) is 1. The van der Waals surface area contributed by atoms with Crippen molar-refractivity contribution in [1.29, 1.82) is 0 Å². The Kier molecular flexibility index (Phi) is 6.72. The number of esters is 1. The van der Waals surface area contributed by atoms with E-state index in [0.29, 0.717) is 0 Å². The molecule has 24 heavy (non-hydrogen) atoms. The van der Waals surface area contributed by atoms with Crippen molar-refractivity contribution in [2.45, 2.75) is 44.6 Å². The van der Waals surface area contributed by atoms with Gasteiger partial charge in [0, 0.05) is 12.1 Å². The van der Waals surface area contributed by atoms with Crippen LogP contribution in [0.25, 0.3) is 0 Å². The van der Waals surface area contributed by atoms with E-state index in [2.05, 4.69) is 21.2 Å². The van der Waals surface area contributed by atoms with Gasteiger partial charge in [-0.2, -0.15) is 0 Å². The highest BCUT2D eigenvalue weighted by Gasteiger charge is 2.19. The number of halogens is 1. The van der Waals surface area contributed by atoms with E-state index < -0.39 is 10.9 Å². The lowest BCUT2D eigenvalue weighted by Gasteiger charge is -2.16. The van der Waals surface area contributed by atoms with Gasteiger partial charge in [0.05, 0.1) is 15.0 Å². The van der Waals surface area contributed by atoms with Crippen LogP contribution >= 0.6 is 15.9 Å². The van der Waals surface area contributed by atoms with Gasteiger partial charge in [0.25, 0.3) is 11.6 Å². The SMILES string of the molecule is O=C(COC(=O)c1ccc(Br)c([N+](=O)[O-])c1)NC1CCCCCC1. The molecule has 0 spiro atoms. The highest BCUT2D eigenvalue weighted by molar-refractivity contribution is 9.10. The summed E-state index contributed by atoms with van der Waals surface area (Å²) in [4.78, 5) is 34.1. The maximum Gasteiger partial charge on any atom is 0.338 e. The van der Waals surface area contributed by atoms with E-state index in [1.165, 1.54) is 25.0 Å². The molecular weight excluding hydrogens is 380 g/mol. The van der Waals surface area contributed by atoms with Gasteiger partial charge in [0.15, 0.2) is 6.61 Å². The topological polar surface area (TPSA) is 98.5 Å². The van der Waals surface area contributed by atoms with Gasteiger partial charge in [-0.25, -0.2) is 4.79 Å². The molecule has 2 rings (SSSR count). The molecule has 0 heterocycles. The van der Waals surface area contributed by atoms with E-state index in [0.717, 1.165) is 31.7 Å². The number of carbonyl (C=O) groups excluding carboxylic acids is 2. The van der Waals surface area contributed by atoms with E-state index >= 15 is 0 Å². The van der Waals surface area contributed by atoms with Gasteiger partial charge in [-0.1, -0.05) is 25.7 Å². The van der Waals surface area contributed by atoms with Gasteiger partial charge in [0.1, 0.15) is 0 Å². The third-order valence-electron chi connectivity index (χ3n) is 3.93. The molecule has 1 saturated carbocycles. The minimum absolute atomic E-state index is 0.0344. The Balaban J connectivity index is 1.87. The fourth-order valence-electron chi connectivity index (χ4n) is 2.69. The lowest BCUT2D eigenvalue weighted by atomic mass is 10.1. The number of hydrogen-bond acceptors (Lipinski definition) is 5. The third kappa shape index (κ3) is 5.30. The predicted octanol–water partition coefficient (Wildman–Crippen LogP) is 3.35. The number of benzene rings is 1. The minimum Gasteiger partial charge on any atom is -0.452 e. The molecule has 130 valence electrons. The first-order chi connectivity index (χ1) is 11.5. The lowest BCUT2D eigenvalue weighted by Crippen LogP contribution is -2.37. The highest BCUT2D eigenvalue weighted by atomic mass is 79.9. The lowest BCUT2D eigenvalue weighted by molar-refractivity contribution is -0.385. The van der Waals surface area contributed by atoms with Crippen molar-refractivity contribution in [3.8, 4) is 0 Å². The van der Waals surface area contributed by atoms with Gasteiger partial charge in [-0.05, 0) is 40.9 Å². The maximum absolute atomic E-state index is 11.9. The Morgan fingerprint density at radius 2 is 1.92 bits per heavy atom. The largest absolute Gasteiger partial charge is 0.452 e. The number of amides is 1. The van der Waals surface area contributed by atoms with Crippen molar-refractivity contribution in [3.05, 3.63) is 38.3 Å². The fraction of sp³-hybridized carbons (Fsp3) is 0.500. The summed E-state index contributed by atoms with van der Waals surface area (Å²) in [6.45, 7) is -0.390. The van der Waals surface area contributed by atoms with Crippen LogP contribution in [0.15, 0.2) is 22.7 Å². The summed E-state index contributed by atoms with van der Waals surface area (Å²) >= 11 is 3.05. The van der Waals surface area contributed by atoms with Crippen LogP contribution in [0, 0.1) is 10.1 Å². The second-order valence-corrected chi connectivity index (χ2v) is 6.61. The number of nitrogens with zero attached hydrogens (tertiary/aromatic N) is 1. The Hall–Kier alpha value is -1.96. The molecule has 0 aliphatic heterocycles. The number of nitro groups is 1. The standard InChI is InChI=1S/C16H19BrN2O5/c17-13-8-7-11(9-14(13)19(22)23)16(21)24-10-15(20)18-12-5-3-1-2-4-6-12/h7-9,12H,1-6,10H2,(H,18,20). The Labute approximate surface area is 148 Å². The third-order valence-corrected chi connectivity index (χ3v) is 4.60. The molecule has 0 unspecified atom stereocenters. The maximum atomic E-state index is 11.9. The molecule has 7 nitrogen and oxygen atoms in total. The summed E-state index contributed by atoms with van der Waals surface area (Å²) < 4.78 is 5.22. The Morgan fingerprint density at radius 3 is 2.54 bits per heavy atom. The molecule has 0 radical (unpaired) electrons. The first-order valence-corrected chi connectivity index (χ1v) is 8.67. The number of carbonyl (C=O) groups is 2. The van der Waals surface area contributed by atoms with Gasteiger partial charge >= 0.3 is 5.97 Å². The second kappa shape index (κ2) is 8.77. The average Bonchev–Trinajstić information content (AvgIpc) is 2.81.